The van der Waals surface area contributed by atoms with Gasteiger partial charge in [-0.3, -0.25) is 0 Å². The summed E-state index contributed by atoms with van der Waals surface area (Å²) in [6.07, 6.45) is 13.2. The zero-order chi connectivity index (χ0) is 29.2. The minimum atomic E-state index is -2.55. The Balaban J connectivity index is 1.76. The highest BCUT2D eigenvalue weighted by atomic mass is 32.3. The molecule has 0 fully saturated rings. The van der Waals surface area contributed by atoms with Crippen LogP contribution in [0.4, 0.5) is 4.79 Å². The normalized spacial score (nSPS) is 11.7. The van der Waals surface area contributed by atoms with Crippen molar-refractivity contribution in [2.45, 2.75) is 106 Å². The molecule has 0 bridgehead atoms. The molecule has 1 N–H and O–H groups in total. The average molecular weight is 581 g/mol. The molecule has 0 spiro atoms. The van der Waals surface area contributed by atoms with Gasteiger partial charge in [-0.05, 0) is 83.8 Å². The molecule has 3 rings (SSSR count). The molecular weight excluding hydrogens is 532 g/mol. The zero-order valence-corrected chi connectivity index (χ0v) is 25.7. The van der Waals surface area contributed by atoms with E-state index in [-0.39, 0.29) is 0 Å². The zero-order valence-electron chi connectivity index (χ0n) is 24.9. The number of hydrogen-bond donors (Lipinski definition) is 1. The van der Waals surface area contributed by atoms with Gasteiger partial charge in [-0.1, -0.05) is 96.3 Å². The summed E-state index contributed by atoms with van der Waals surface area (Å²) in [5, 5.41) is 9.93. The van der Waals surface area contributed by atoms with Crippen LogP contribution < -0.4 is 9.47 Å². The van der Waals surface area contributed by atoms with Crippen molar-refractivity contribution < 1.29 is 23.6 Å². The summed E-state index contributed by atoms with van der Waals surface area (Å²) in [6.45, 7) is 5.80. The predicted octanol–water partition coefficient (Wildman–Crippen LogP) is 11.1. The summed E-state index contributed by atoms with van der Waals surface area (Å²) >= 11 is 0. The van der Waals surface area contributed by atoms with Gasteiger partial charge in [-0.15, -0.1) is 0 Å². The van der Waals surface area contributed by atoms with Crippen LogP contribution in [0.2, 0.25) is 0 Å². The third-order valence-electron chi connectivity index (χ3n) is 7.12. The summed E-state index contributed by atoms with van der Waals surface area (Å²) in [7, 11) is -2.55. The van der Waals surface area contributed by atoms with Crippen LogP contribution in [0.1, 0.15) is 90.9 Å². The van der Waals surface area contributed by atoms with Gasteiger partial charge in [0.05, 0.1) is 13.2 Å². The van der Waals surface area contributed by atoms with Crippen LogP contribution >= 0.6 is 10.3 Å². The topological polar surface area (TPSA) is 65.0 Å². The maximum absolute atomic E-state index is 12.2. The van der Waals surface area contributed by atoms with Gasteiger partial charge in [-0.25, -0.2) is 4.79 Å². The van der Waals surface area contributed by atoms with Crippen LogP contribution in [0.5, 0.6) is 11.5 Å². The quantitative estimate of drug-likeness (QED) is 0.135. The minimum absolute atomic E-state index is 0.675. The molecule has 0 unspecified atom stereocenters. The molecule has 0 aliphatic heterocycles. The second-order valence-corrected chi connectivity index (χ2v) is 13.1. The third-order valence-corrected chi connectivity index (χ3v) is 10.3. The van der Waals surface area contributed by atoms with Crippen molar-refractivity contribution in [2.75, 3.05) is 13.2 Å². The molecule has 0 radical (unpaired) electrons. The number of carbonyl (C=O) groups is 1. The molecule has 0 saturated carbocycles. The monoisotopic (exact) mass is 580 g/mol. The van der Waals surface area contributed by atoms with Crippen LogP contribution in [-0.2, 0) is 4.18 Å². The van der Waals surface area contributed by atoms with Crippen molar-refractivity contribution in [2.24, 2.45) is 0 Å². The van der Waals surface area contributed by atoms with Crippen molar-refractivity contribution in [3.05, 3.63) is 78.9 Å². The maximum atomic E-state index is 12.2. The van der Waals surface area contributed by atoms with Gasteiger partial charge >= 0.3 is 6.16 Å². The van der Waals surface area contributed by atoms with Crippen LogP contribution in [0.3, 0.4) is 0 Å². The van der Waals surface area contributed by atoms with Crippen molar-refractivity contribution in [3.63, 3.8) is 0 Å². The summed E-state index contributed by atoms with van der Waals surface area (Å²) in [5.41, 5.74) is 0. The first-order chi connectivity index (χ1) is 20.1. The second kappa shape index (κ2) is 18.3. The molecule has 0 aliphatic rings. The molecule has 6 heteroatoms. The first kappa shape index (κ1) is 32.4. The lowest BCUT2D eigenvalue weighted by Gasteiger charge is -2.38. The van der Waals surface area contributed by atoms with Crippen molar-refractivity contribution in [1.29, 1.82) is 0 Å². The van der Waals surface area contributed by atoms with E-state index in [4.69, 9.17) is 13.7 Å². The summed E-state index contributed by atoms with van der Waals surface area (Å²) < 4.78 is 17.9. The summed E-state index contributed by atoms with van der Waals surface area (Å²) in [5.74, 6) is 1.55. The van der Waals surface area contributed by atoms with E-state index < -0.39 is 16.5 Å². The number of hydrogen-bond acceptors (Lipinski definition) is 4. The number of rotatable bonds is 20. The van der Waals surface area contributed by atoms with E-state index >= 15 is 0 Å². The Morgan fingerprint density at radius 3 is 1.37 bits per heavy atom. The molecule has 224 valence electrons. The van der Waals surface area contributed by atoms with Gasteiger partial charge in [-0.2, -0.15) is 0 Å². The smallest absolute Gasteiger partial charge is 0.494 e. The van der Waals surface area contributed by atoms with Gasteiger partial charge in [0.25, 0.3) is 0 Å². The van der Waals surface area contributed by atoms with E-state index in [0.29, 0.717) is 13.2 Å². The average Bonchev–Trinajstić information content (AvgIpc) is 3.00. The van der Waals surface area contributed by atoms with Gasteiger partial charge < -0.3 is 18.8 Å². The number of benzene rings is 3. The van der Waals surface area contributed by atoms with Gasteiger partial charge in [0.1, 0.15) is 11.5 Å². The third kappa shape index (κ3) is 10.3. The van der Waals surface area contributed by atoms with E-state index in [1.54, 1.807) is 0 Å². The Bertz CT molecular complexity index is 1050. The minimum Gasteiger partial charge on any atom is -0.494 e. The number of ether oxygens (including phenoxy) is 2. The Hall–Kier alpha value is -3.12. The number of unbranched alkanes of at least 4 members (excludes halogenated alkanes) is 10. The fraction of sp³-hybridized carbons (Fsp3) is 0.457. The number of carboxylic acid groups (broad SMARTS) is 1. The van der Waals surface area contributed by atoms with Crippen LogP contribution in [-0.4, -0.2) is 24.5 Å². The molecule has 0 aliphatic carbocycles. The lowest BCUT2D eigenvalue weighted by Crippen LogP contribution is -2.12. The Morgan fingerprint density at radius 2 is 0.951 bits per heavy atom. The summed E-state index contributed by atoms with van der Waals surface area (Å²) in [4.78, 5) is 14.5. The highest BCUT2D eigenvalue weighted by molar-refractivity contribution is 8.30. The Kier molecular flexibility index (Phi) is 14.5. The molecule has 0 aromatic heterocycles. The van der Waals surface area contributed by atoms with E-state index in [0.717, 1.165) is 39.0 Å². The van der Waals surface area contributed by atoms with E-state index in [9.17, 15) is 9.90 Å². The SMILES string of the molecule is CCCCCCCCOc1ccc(S(OC(=O)O)(c2ccccc2)c2ccc(OCCCCCCCC)cc2)cc1. The molecule has 3 aromatic rings. The Morgan fingerprint density at radius 1 is 0.561 bits per heavy atom. The first-order valence-corrected chi connectivity index (χ1v) is 16.9. The lowest BCUT2D eigenvalue weighted by molar-refractivity contribution is 0.150. The fourth-order valence-corrected chi connectivity index (χ4v) is 7.77. The molecule has 41 heavy (non-hydrogen) atoms. The van der Waals surface area contributed by atoms with E-state index in [1.807, 2.05) is 78.9 Å². The van der Waals surface area contributed by atoms with Crippen molar-refractivity contribution in [3.8, 4) is 11.5 Å². The molecule has 3 aromatic carbocycles. The second-order valence-electron chi connectivity index (χ2n) is 10.4. The standard InChI is InChI=1S/C35H48O5S/c1-3-5-7-9-11-16-28-38-30-20-24-33(25-21-30)41(40-35(36)37,32-18-14-13-15-19-32)34-26-22-31(23-27-34)39-29-17-12-10-8-6-4-2/h13-15,18-27H,3-12,16-17,28-29H2,1-2H3,(H,36,37). The van der Waals surface area contributed by atoms with Crippen LogP contribution in [0, 0.1) is 0 Å². The van der Waals surface area contributed by atoms with E-state index in [2.05, 4.69) is 13.8 Å². The van der Waals surface area contributed by atoms with Gasteiger partial charge in [0, 0.05) is 14.7 Å². The molecule has 0 atom stereocenters. The maximum Gasteiger partial charge on any atom is 0.517 e. The summed E-state index contributed by atoms with van der Waals surface area (Å²) in [6, 6.07) is 25.0. The van der Waals surface area contributed by atoms with Gasteiger partial charge in [0.15, 0.2) is 0 Å². The molecule has 0 heterocycles. The van der Waals surface area contributed by atoms with Crippen molar-refractivity contribution >= 4 is 16.5 Å². The molecular formula is C35H48O5S. The van der Waals surface area contributed by atoms with Crippen molar-refractivity contribution in [1.82, 2.24) is 0 Å². The molecule has 0 amide bonds. The lowest BCUT2D eigenvalue weighted by atomic mass is 10.1. The predicted molar refractivity (Wildman–Crippen MR) is 169 cm³/mol. The fourth-order valence-electron chi connectivity index (χ4n) is 4.87. The first-order valence-electron chi connectivity index (χ1n) is 15.4. The molecule has 0 saturated heterocycles. The van der Waals surface area contributed by atoms with Crippen LogP contribution in [0.15, 0.2) is 93.5 Å². The largest absolute Gasteiger partial charge is 0.517 e. The van der Waals surface area contributed by atoms with E-state index in [1.165, 1.54) is 64.2 Å². The Labute approximate surface area is 248 Å². The van der Waals surface area contributed by atoms with Crippen LogP contribution in [0.25, 0.3) is 0 Å². The highest BCUT2D eigenvalue weighted by Gasteiger charge is 2.36. The highest BCUT2D eigenvalue weighted by Crippen LogP contribution is 2.69. The molecule has 5 nitrogen and oxygen atoms in total. The van der Waals surface area contributed by atoms with Gasteiger partial charge in [0.2, 0.25) is 0 Å².